The predicted octanol–water partition coefficient (Wildman–Crippen LogP) is 3.18. The van der Waals surface area contributed by atoms with Gasteiger partial charge >= 0.3 is 0 Å². The van der Waals surface area contributed by atoms with Crippen LogP contribution in [0.3, 0.4) is 0 Å². The van der Waals surface area contributed by atoms with Gasteiger partial charge in [-0.15, -0.1) is 5.92 Å². The normalized spacial score (nSPS) is 9.07. The third-order valence-electron chi connectivity index (χ3n) is 1.68. The van der Waals surface area contributed by atoms with Crippen molar-refractivity contribution in [2.24, 2.45) is 0 Å². The van der Waals surface area contributed by atoms with Gasteiger partial charge in [-0.3, -0.25) is 4.79 Å². The van der Waals surface area contributed by atoms with Crippen molar-refractivity contribution in [3.8, 4) is 11.8 Å². The number of hydrogen-bond donors (Lipinski definition) is 0. The van der Waals surface area contributed by atoms with E-state index in [9.17, 15) is 9.18 Å². The van der Waals surface area contributed by atoms with E-state index in [0.29, 0.717) is 4.47 Å². The molecule has 1 aromatic rings. The molecule has 0 amide bonds. The summed E-state index contributed by atoms with van der Waals surface area (Å²) in [6, 6.07) is 4.64. The van der Waals surface area contributed by atoms with Gasteiger partial charge in [0.1, 0.15) is 5.82 Å². The summed E-state index contributed by atoms with van der Waals surface area (Å²) in [5.74, 6) is 4.40. The van der Waals surface area contributed by atoms with E-state index < -0.39 is 5.82 Å². The van der Waals surface area contributed by atoms with Gasteiger partial charge in [-0.05, 0) is 35.0 Å². The first-order valence-corrected chi connectivity index (χ1v) is 4.83. The van der Waals surface area contributed by atoms with Crippen LogP contribution in [-0.4, -0.2) is 5.78 Å². The predicted molar refractivity (Wildman–Crippen MR) is 56.5 cm³/mol. The molecule has 72 valence electrons. The molecule has 1 rings (SSSR count). The van der Waals surface area contributed by atoms with Gasteiger partial charge in [-0.25, -0.2) is 4.39 Å². The Morgan fingerprint density at radius 3 is 2.93 bits per heavy atom. The lowest BCUT2D eigenvalue weighted by atomic mass is 10.1. The first kappa shape index (κ1) is 10.9. The van der Waals surface area contributed by atoms with Crippen LogP contribution < -0.4 is 0 Å². The van der Waals surface area contributed by atoms with E-state index in [1.807, 2.05) is 0 Å². The number of hydrogen-bond acceptors (Lipinski definition) is 1. The van der Waals surface area contributed by atoms with Gasteiger partial charge in [-0.2, -0.15) is 0 Å². The summed E-state index contributed by atoms with van der Waals surface area (Å²) in [6.45, 7) is 1.64. The molecule has 0 unspecified atom stereocenters. The van der Waals surface area contributed by atoms with Crippen LogP contribution in [0.1, 0.15) is 23.7 Å². The summed E-state index contributed by atoms with van der Waals surface area (Å²) >= 11 is 3.02. The molecule has 0 heterocycles. The fraction of sp³-hybridized carbons (Fsp3) is 0.182. The largest absolute Gasteiger partial charge is 0.293 e. The molecule has 0 fully saturated rings. The Labute approximate surface area is 90.4 Å². The van der Waals surface area contributed by atoms with Gasteiger partial charge in [0.2, 0.25) is 0 Å². The number of halogens is 2. The second kappa shape index (κ2) is 4.92. The molecule has 0 saturated carbocycles. The molecule has 0 saturated heterocycles. The van der Waals surface area contributed by atoms with Gasteiger partial charge < -0.3 is 0 Å². The second-order valence-corrected chi connectivity index (χ2v) is 3.48. The van der Waals surface area contributed by atoms with Gasteiger partial charge in [0, 0.05) is 0 Å². The van der Waals surface area contributed by atoms with Crippen LogP contribution in [0.25, 0.3) is 0 Å². The molecule has 0 aromatic heterocycles. The molecule has 0 aliphatic heterocycles. The highest BCUT2D eigenvalue weighted by atomic mass is 79.9. The quantitative estimate of drug-likeness (QED) is 0.586. The van der Waals surface area contributed by atoms with Crippen molar-refractivity contribution in [3.63, 3.8) is 0 Å². The summed E-state index contributed by atoms with van der Waals surface area (Å²) in [7, 11) is 0. The Hall–Kier alpha value is -1.14. The second-order valence-electron chi connectivity index (χ2n) is 2.63. The Kier molecular flexibility index (Phi) is 3.84. The lowest BCUT2D eigenvalue weighted by Gasteiger charge is -2.00. The Morgan fingerprint density at radius 1 is 1.57 bits per heavy atom. The Bertz CT molecular complexity index is 415. The standard InChI is InChI=1S/C11H8BrFO/c1-2-3-7-10(14)8-5-4-6-9(12)11(8)13/h4-6H,7H2,1H3. The zero-order valence-electron chi connectivity index (χ0n) is 7.60. The summed E-state index contributed by atoms with van der Waals surface area (Å²) in [5, 5.41) is 0. The van der Waals surface area contributed by atoms with Crippen LogP contribution in [0.2, 0.25) is 0 Å². The summed E-state index contributed by atoms with van der Waals surface area (Å²) < 4.78 is 13.7. The molecule has 0 aliphatic rings. The van der Waals surface area contributed by atoms with Crippen molar-refractivity contribution in [1.29, 1.82) is 0 Å². The van der Waals surface area contributed by atoms with Crippen molar-refractivity contribution in [2.45, 2.75) is 13.3 Å². The molecular weight excluding hydrogens is 247 g/mol. The SMILES string of the molecule is CC#CCC(=O)c1cccc(Br)c1F. The highest BCUT2D eigenvalue weighted by molar-refractivity contribution is 9.10. The summed E-state index contributed by atoms with van der Waals surface area (Å²) in [6.07, 6.45) is 0.0594. The van der Waals surface area contributed by atoms with E-state index in [4.69, 9.17) is 0 Å². The van der Waals surface area contributed by atoms with Crippen LogP contribution in [0.15, 0.2) is 22.7 Å². The van der Waals surface area contributed by atoms with Crippen molar-refractivity contribution in [3.05, 3.63) is 34.1 Å². The molecule has 0 spiro atoms. The zero-order valence-corrected chi connectivity index (χ0v) is 9.19. The van der Waals surface area contributed by atoms with Crippen LogP contribution >= 0.6 is 15.9 Å². The van der Waals surface area contributed by atoms with Crippen molar-refractivity contribution in [2.75, 3.05) is 0 Å². The molecule has 0 aliphatic carbocycles. The highest BCUT2D eigenvalue weighted by Crippen LogP contribution is 2.19. The zero-order chi connectivity index (χ0) is 10.6. The molecule has 0 radical (unpaired) electrons. The number of Topliss-reactive ketones (excluding diaryl/α,β-unsaturated/α-hetero) is 1. The van der Waals surface area contributed by atoms with Crippen molar-refractivity contribution in [1.82, 2.24) is 0 Å². The first-order valence-electron chi connectivity index (χ1n) is 4.03. The number of carbonyl (C=O) groups is 1. The van der Waals surface area contributed by atoms with E-state index in [2.05, 4.69) is 27.8 Å². The lowest BCUT2D eigenvalue weighted by molar-refractivity contribution is 0.0994. The lowest BCUT2D eigenvalue weighted by Crippen LogP contribution is -2.01. The molecule has 0 N–H and O–H groups in total. The molecule has 0 bridgehead atoms. The number of carbonyl (C=O) groups excluding carboxylic acids is 1. The molecule has 0 atom stereocenters. The third kappa shape index (κ3) is 2.43. The van der Waals surface area contributed by atoms with E-state index in [1.54, 1.807) is 19.1 Å². The fourth-order valence-electron chi connectivity index (χ4n) is 0.983. The van der Waals surface area contributed by atoms with Gasteiger partial charge in [0.15, 0.2) is 5.78 Å². The average Bonchev–Trinajstić information content (AvgIpc) is 2.18. The monoisotopic (exact) mass is 254 g/mol. The van der Waals surface area contributed by atoms with E-state index >= 15 is 0 Å². The topological polar surface area (TPSA) is 17.1 Å². The van der Waals surface area contributed by atoms with Gasteiger partial charge in [0.25, 0.3) is 0 Å². The fourth-order valence-corrected chi connectivity index (χ4v) is 1.35. The van der Waals surface area contributed by atoms with E-state index in [1.165, 1.54) is 6.07 Å². The highest BCUT2D eigenvalue weighted by Gasteiger charge is 2.12. The van der Waals surface area contributed by atoms with E-state index in [0.717, 1.165) is 0 Å². The van der Waals surface area contributed by atoms with Crippen molar-refractivity contribution >= 4 is 21.7 Å². The summed E-state index contributed by atoms with van der Waals surface area (Å²) in [4.78, 5) is 11.4. The number of benzene rings is 1. The Balaban J connectivity index is 2.99. The molecule has 1 aromatic carbocycles. The minimum Gasteiger partial charge on any atom is -0.293 e. The minimum atomic E-state index is -0.518. The van der Waals surface area contributed by atoms with Crippen LogP contribution in [0.5, 0.6) is 0 Å². The maximum atomic E-state index is 13.4. The molecule has 14 heavy (non-hydrogen) atoms. The average molecular weight is 255 g/mol. The number of ketones is 1. The van der Waals surface area contributed by atoms with Gasteiger partial charge in [0.05, 0.1) is 16.5 Å². The van der Waals surface area contributed by atoms with E-state index in [-0.39, 0.29) is 17.8 Å². The minimum absolute atomic E-state index is 0.0594. The maximum absolute atomic E-state index is 13.4. The smallest absolute Gasteiger partial charge is 0.177 e. The number of rotatable bonds is 2. The first-order chi connectivity index (χ1) is 6.66. The Morgan fingerprint density at radius 2 is 2.29 bits per heavy atom. The van der Waals surface area contributed by atoms with Crippen molar-refractivity contribution < 1.29 is 9.18 Å². The molecule has 3 heteroatoms. The molecule has 1 nitrogen and oxygen atoms in total. The maximum Gasteiger partial charge on any atom is 0.177 e. The molecular formula is C11H8BrFO. The van der Waals surface area contributed by atoms with Crippen LogP contribution in [-0.2, 0) is 0 Å². The summed E-state index contributed by atoms with van der Waals surface area (Å²) in [5.41, 5.74) is 0.0853. The van der Waals surface area contributed by atoms with Gasteiger partial charge in [-0.1, -0.05) is 12.0 Å². The van der Waals surface area contributed by atoms with Crippen LogP contribution in [0.4, 0.5) is 4.39 Å². The third-order valence-corrected chi connectivity index (χ3v) is 2.29. The van der Waals surface area contributed by atoms with Crippen LogP contribution in [0, 0.1) is 17.7 Å².